The minimum Gasteiger partial charge on any atom is -0.451 e. The second-order valence-corrected chi connectivity index (χ2v) is 5.81. The molecular weight excluding hydrogens is 344 g/mol. The van der Waals surface area contributed by atoms with Crippen LogP contribution in [0, 0.1) is 6.92 Å². The van der Waals surface area contributed by atoms with Gasteiger partial charge in [-0.25, -0.2) is 4.79 Å². The van der Waals surface area contributed by atoms with Crippen molar-refractivity contribution >= 4 is 17.6 Å². The second kappa shape index (κ2) is 8.27. The van der Waals surface area contributed by atoms with Crippen molar-refractivity contribution in [1.82, 2.24) is 15.0 Å². The Bertz CT molecular complexity index is 923. The fourth-order valence-electron chi connectivity index (χ4n) is 2.63. The molecule has 0 atom stereocenters. The van der Waals surface area contributed by atoms with E-state index in [0.717, 1.165) is 11.4 Å². The number of para-hydroxylation sites is 2. The van der Waals surface area contributed by atoms with Crippen LogP contribution in [0.15, 0.2) is 60.7 Å². The molecule has 1 amide bonds. The van der Waals surface area contributed by atoms with Crippen LogP contribution in [0.3, 0.4) is 0 Å². The Morgan fingerprint density at radius 1 is 1.00 bits per heavy atom. The Morgan fingerprint density at radius 3 is 2.26 bits per heavy atom. The van der Waals surface area contributed by atoms with Gasteiger partial charge in [0.1, 0.15) is 0 Å². The van der Waals surface area contributed by atoms with E-state index >= 15 is 0 Å². The molecule has 0 aliphatic heterocycles. The smallest absolute Gasteiger partial charge is 0.361 e. The van der Waals surface area contributed by atoms with Gasteiger partial charge in [-0.3, -0.25) is 4.79 Å². The molecule has 7 nitrogen and oxygen atoms in total. The highest BCUT2D eigenvalue weighted by atomic mass is 16.5. The highest BCUT2D eigenvalue weighted by Crippen LogP contribution is 2.14. The SMILES string of the molecule is CCN(C(=O)COC(=O)c1nn(-c2ccccc2)nc1C)c1ccccc1. The summed E-state index contributed by atoms with van der Waals surface area (Å²) in [5.41, 5.74) is 2.02. The molecule has 2 aromatic carbocycles. The summed E-state index contributed by atoms with van der Waals surface area (Å²) in [6.07, 6.45) is 0. The van der Waals surface area contributed by atoms with Gasteiger partial charge in [0.05, 0.1) is 11.4 Å². The number of anilines is 1. The zero-order valence-electron chi connectivity index (χ0n) is 15.2. The number of carbonyl (C=O) groups is 2. The summed E-state index contributed by atoms with van der Waals surface area (Å²) in [4.78, 5) is 27.7. The van der Waals surface area contributed by atoms with Gasteiger partial charge >= 0.3 is 5.97 Å². The first-order valence-electron chi connectivity index (χ1n) is 8.62. The number of esters is 1. The average molecular weight is 364 g/mol. The minimum atomic E-state index is -0.674. The summed E-state index contributed by atoms with van der Waals surface area (Å²) in [5.74, 6) is -0.975. The molecule has 0 bridgehead atoms. The Labute approximate surface area is 157 Å². The molecular formula is C20H20N4O3. The van der Waals surface area contributed by atoms with Gasteiger partial charge in [-0.2, -0.15) is 9.90 Å². The normalized spacial score (nSPS) is 10.4. The molecule has 1 aromatic heterocycles. The molecule has 7 heteroatoms. The molecule has 0 aliphatic rings. The van der Waals surface area contributed by atoms with Crippen molar-refractivity contribution in [3.05, 3.63) is 72.1 Å². The molecule has 138 valence electrons. The van der Waals surface area contributed by atoms with E-state index < -0.39 is 5.97 Å². The third kappa shape index (κ3) is 4.20. The Morgan fingerprint density at radius 2 is 1.63 bits per heavy atom. The van der Waals surface area contributed by atoms with Crippen LogP contribution in [-0.4, -0.2) is 40.0 Å². The van der Waals surface area contributed by atoms with Crippen molar-refractivity contribution in [2.24, 2.45) is 0 Å². The van der Waals surface area contributed by atoms with Crippen molar-refractivity contribution in [2.45, 2.75) is 13.8 Å². The molecule has 3 rings (SSSR count). The molecule has 0 fully saturated rings. The van der Waals surface area contributed by atoms with E-state index in [-0.39, 0.29) is 18.2 Å². The van der Waals surface area contributed by atoms with Crippen LogP contribution in [0.1, 0.15) is 23.1 Å². The van der Waals surface area contributed by atoms with Gasteiger partial charge in [-0.05, 0) is 38.1 Å². The van der Waals surface area contributed by atoms with Gasteiger partial charge in [0.2, 0.25) is 0 Å². The molecule has 0 saturated heterocycles. The zero-order valence-corrected chi connectivity index (χ0v) is 15.2. The van der Waals surface area contributed by atoms with E-state index in [1.165, 1.54) is 4.80 Å². The first kappa shape index (κ1) is 18.3. The predicted octanol–water partition coefficient (Wildman–Crippen LogP) is 2.79. The standard InChI is InChI=1S/C20H20N4O3/c1-3-23(16-10-6-4-7-11-16)18(25)14-27-20(26)19-15(2)21-24(22-19)17-12-8-5-9-13-17/h4-13H,3,14H2,1-2H3. The summed E-state index contributed by atoms with van der Waals surface area (Å²) in [6, 6.07) is 18.5. The molecule has 1 heterocycles. The minimum absolute atomic E-state index is 0.0920. The summed E-state index contributed by atoms with van der Waals surface area (Å²) in [6.45, 7) is 3.65. The number of carbonyl (C=O) groups excluding carboxylic acids is 2. The lowest BCUT2D eigenvalue weighted by atomic mass is 10.3. The second-order valence-electron chi connectivity index (χ2n) is 5.81. The Balaban J connectivity index is 1.67. The zero-order chi connectivity index (χ0) is 19.2. The number of ether oxygens (including phenoxy) is 1. The third-order valence-corrected chi connectivity index (χ3v) is 3.97. The molecule has 27 heavy (non-hydrogen) atoms. The van der Waals surface area contributed by atoms with E-state index in [2.05, 4.69) is 10.2 Å². The lowest BCUT2D eigenvalue weighted by Gasteiger charge is -2.20. The van der Waals surface area contributed by atoms with Crippen molar-refractivity contribution < 1.29 is 14.3 Å². The van der Waals surface area contributed by atoms with E-state index in [1.807, 2.05) is 67.6 Å². The molecule has 0 spiro atoms. The number of benzene rings is 2. The first-order valence-corrected chi connectivity index (χ1v) is 8.62. The largest absolute Gasteiger partial charge is 0.451 e. The van der Waals surface area contributed by atoms with Crippen LogP contribution in [0.2, 0.25) is 0 Å². The summed E-state index contributed by atoms with van der Waals surface area (Å²) >= 11 is 0. The molecule has 0 unspecified atom stereocenters. The maximum Gasteiger partial charge on any atom is 0.361 e. The van der Waals surface area contributed by atoms with Crippen LogP contribution < -0.4 is 4.90 Å². The number of hydrogen-bond acceptors (Lipinski definition) is 5. The van der Waals surface area contributed by atoms with Crippen LogP contribution in [0.5, 0.6) is 0 Å². The fourth-order valence-corrected chi connectivity index (χ4v) is 2.63. The van der Waals surface area contributed by atoms with Gasteiger partial charge in [0.25, 0.3) is 5.91 Å². The number of aryl methyl sites for hydroxylation is 1. The number of rotatable bonds is 6. The van der Waals surface area contributed by atoms with Crippen LogP contribution in [0.4, 0.5) is 5.69 Å². The van der Waals surface area contributed by atoms with E-state index in [0.29, 0.717) is 12.2 Å². The summed E-state index contributed by atoms with van der Waals surface area (Å²) < 4.78 is 5.18. The van der Waals surface area contributed by atoms with Crippen molar-refractivity contribution in [2.75, 3.05) is 18.1 Å². The maximum absolute atomic E-state index is 12.4. The highest BCUT2D eigenvalue weighted by molar-refractivity contribution is 5.96. The number of amides is 1. The molecule has 3 aromatic rings. The van der Waals surface area contributed by atoms with Gasteiger partial charge in [-0.15, -0.1) is 5.10 Å². The van der Waals surface area contributed by atoms with Crippen LogP contribution in [0.25, 0.3) is 5.69 Å². The highest BCUT2D eigenvalue weighted by Gasteiger charge is 2.21. The van der Waals surface area contributed by atoms with Gasteiger partial charge in [0.15, 0.2) is 12.3 Å². The Hall–Kier alpha value is -3.48. The average Bonchev–Trinajstić information content (AvgIpc) is 3.10. The topological polar surface area (TPSA) is 77.3 Å². The molecule has 0 aliphatic carbocycles. The van der Waals surface area contributed by atoms with Crippen molar-refractivity contribution in [3.63, 3.8) is 0 Å². The Kier molecular flexibility index (Phi) is 5.61. The number of hydrogen-bond donors (Lipinski definition) is 0. The quantitative estimate of drug-likeness (QED) is 0.629. The van der Waals surface area contributed by atoms with Gasteiger partial charge < -0.3 is 9.64 Å². The van der Waals surface area contributed by atoms with Crippen LogP contribution in [-0.2, 0) is 9.53 Å². The van der Waals surface area contributed by atoms with E-state index in [4.69, 9.17) is 4.74 Å². The van der Waals surface area contributed by atoms with E-state index in [9.17, 15) is 9.59 Å². The molecule has 0 saturated carbocycles. The van der Waals surface area contributed by atoms with Gasteiger partial charge in [0, 0.05) is 12.2 Å². The molecule has 0 radical (unpaired) electrons. The lowest BCUT2D eigenvalue weighted by molar-refractivity contribution is -0.121. The summed E-state index contributed by atoms with van der Waals surface area (Å²) in [7, 11) is 0. The fraction of sp³-hybridized carbons (Fsp3) is 0.200. The number of aromatic nitrogens is 3. The summed E-state index contributed by atoms with van der Waals surface area (Å²) in [5, 5.41) is 8.42. The van der Waals surface area contributed by atoms with Crippen molar-refractivity contribution in [3.8, 4) is 5.69 Å². The first-order chi connectivity index (χ1) is 13.1. The maximum atomic E-state index is 12.4. The monoisotopic (exact) mass is 364 g/mol. The molecule has 0 N–H and O–H groups in total. The van der Waals surface area contributed by atoms with E-state index in [1.54, 1.807) is 11.8 Å². The number of likely N-dealkylation sites (N-methyl/N-ethyl adjacent to an activating group) is 1. The van der Waals surface area contributed by atoms with Crippen LogP contribution >= 0.6 is 0 Å². The predicted molar refractivity (Wildman–Crippen MR) is 101 cm³/mol. The van der Waals surface area contributed by atoms with Crippen molar-refractivity contribution in [1.29, 1.82) is 0 Å². The third-order valence-electron chi connectivity index (χ3n) is 3.97. The lowest BCUT2D eigenvalue weighted by Crippen LogP contribution is -2.34. The number of nitrogens with zero attached hydrogens (tertiary/aromatic N) is 4. The van der Waals surface area contributed by atoms with Gasteiger partial charge in [-0.1, -0.05) is 36.4 Å².